The van der Waals surface area contributed by atoms with Gasteiger partial charge in [0.25, 0.3) is 5.91 Å². The maximum absolute atomic E-state index is 13.5. The Kier molecular flexibility index (Phi) is 8.02. The molecule has 1 aliphatic heterocycles. The number of carbonyl (C=O) groups excluding carboxylic acids is 2. The molecule has 0 unspecified atom stereocenters. The van der Waals surface area contributed by atoms with Crippen LogP contribution in [0.4, 0.5) is 11.4 Å². The number of nitriles is 1. The van der Waals surface area contributed by atoms with Crippen LogP contribution in [0.5, 0.6) is 0 Å². The third kappa shape index (κ3) is 5.82. The van der Waals surface area contributed by atoms with Gasteiger partial charge in [-0.2, -0.15) is 5.26 Å². The first kappa shape index (κ1) is 24.3. The molecular formula is C29H27N3O2S. The molecule has 5 nitrogen and oxygen atoms in total. The van der Waals surface area contributed by atoms with Gasteiger partial charge in [-0.25, -0.2) is 0 Å². The zero-order chi connectivity index (χ0) is 24.6. The number of nitrogens with zero attached hydrogens (tertiary/aromatic N) is 2. The molecule has 1 aliphatic rings. The molecule has 0 aliphatic carbocycles. The zero-order valence-electron chi connectivity index (χ0n) is 19.6. The molecule has 0 saturated carbocycles. The SMILES string of the molecule is CCCCc1ccc(NC(=O)/C(C#N)=C2\S[C@@H](Cc3ccccc3)C(=O)N2c2ccccc2)cc1. The molecule has 0 spiro atoms. The molecule has 0 aromatic heterocycles. The zero-order valence-corrected chi connectivity index (χ0v) is 20.4. The van der Waals surface area contributed by atoms with Gasteiger partial charge in [0.05, 0.1) is 5.25 Å². The standard InChI is InChI=1S/C29H27N3O2S/c1-2-3-10-21-15-17-23(18-16-21)31-27(33)25(20-30)29-32(24-13-8-5-9-14-24)28(34)26(35-29)19-22-11-6-4-7-12-22/h4-9,11-18,26H,2-3,10,19H2,1H3,(H,31,33)/b29-25-/t26-/m0/s1. The second-order valence-electron chi connectivity index (χ2n) is 8.35. The second-order valence-corrected chi connectivity index (χ2v) is 9.54. The average molecular weight is 482 g/mol. The molecule has 4 rings (SSSR count). The number of anilines is 2. The van der Waals surface area contributed by atoms with Gasteiger partial charge in [-0.3, -0.25) is 14.5 Å². The summed E-state index contributed by atoms with van der Waals surface area (Å²) >= 11 is 1.27. The first-order valence-electron chi connectivity index (χ1n) is 11.7. The van der Waals surface area contributed by atoms with Gasteiger partial charge in [0.15, 0.2) is 0 Å². The van der Waals surface area contributed by atoms with Crippen LogP contribution in [-0.4, -0.2) is 17.1 Å². The highest BCUT2D eigenvalue weighted by molar-refractivity contribution is 8.05. The number of unbranched alkanes of at least 4 members (excludes halogenated alkanes) is 1. The van der Waals surface area contributed by atoms with E-state index in [-0.39, 0.29) is 11.5 Å². The highest BCUT2D eigenvalue weighted by Crippen LogP contribution is 2.42. The van der Waals surface area contributed by atoms with Crippen molar-refractivity contribution in [3.8, 4) is 6.07 Å². The Balaban J connectivity index is 1.63. The molecule has 35 heavy (non-hydrogen) atoms. The van der Waals surface area contributed by atoms with E-state index in [2.05, 4.69) is 18.3 Å². The number of benzene rings is 3. The van der Waals surface area contributed by atoms with Crippen molar-refractivity contribution >= 4 is 35.0 Å². The van der Waals surface area contributed by atoms with Gasteiger partial charge < -0.3 is 5.32 Å². The van der Waals surface area contributed by atoms with Crippen LogP contribution >= 0.6 is 11.8 Å². The maximum atomic E-state index is 13.5. The average Bonchev–Trinajstić information content (AvgIpc) is 3.20. The first-order chi connectivity index (χ1) is 17.1. The molecule has 6 heteroatoms. The number of amides is 2. The van der Waals surface area contributed by atoms with E-state index >= 15 is 0 Å². The summed E-state index contributed by atoms with van der Waals surface area (Å²) in [6.07, 6.45) is 3.74. The normalized spacial score (nSPS) is 16.6. The monoisotopic (exact) mass is 481 g/mol. The Morgan fingerprint density at radius 1 is 0.971 bits per heavy atom. The number of hydrogen-bond acceptors (Lipinski definition) is 4. The summed E-state index contributed by atoms with van der Waals surface area (Å²) in [6.45, 7) is 2.15. The van der Waals surface area contributed by atoms with Crippen LogP contribution in [0, 0.1) is 11.3 Å². The molecule has 1 N–H and O–H groups in total. The van der Waals surface area contributed by atoms with Crippen LogP contribution in [0.15, 0.2) is 95.5 Å². The lowest BCUT2D eigenvalue weighted by Crippen LogP contribution is -2.30. The van der Waals surface area contributed by atoms with Crippen LogP contribution in [0.1, 0.15) is 30.9 Å². The molecule has 3 aromatic carbocycles. The third-order valence-electron chi connectivity index (χ3n) is 5.81. The predicted octanol–water partition coefficient (Wildman–Crippen LogP) is 6.09. The van der Waals surface area contributed by atoms with Crippen LogP contribution in [0.2, 0.25) is 0 Å². The smallest absolute Gasteiger partial charge is 0.269 e. The number of hydrogen-bond donors (Lipinski definition) is 1. The van der Waals surface area contributed by atoms with Crippen molar-refractivity contribution in [3.05, 3.63) is 107 Å². The van der Waals surface area contributed by atoms with Gasteiger partial charge in [-0.05, 0) is 54.7 Å². The van der Waals surface area contributed by atoms with Crippen molar-refractivity contribution in [3.63, 3.8) is 0 Å². The van der Waals surface area contributed by atoms with Crippen molar-refractivity contribution < 1.29 is 9.59 Å². The van der Waals surface area contributed by atoms with E-state index < -0.39 is 11.2 Å². The van der Waals surface area contributed by atoms with E-state index in [1.54, 1.807) is 0 Å². The van der Waals surface area contributed by atoms with Gasteiger partial charge in [-0.15, -0.1) is 0 Å². The minimum atomic E-state index is -0.523. The van der Waals surface area contributed by atoms with Gasteiger partial charge >= 0.3 is 0 Å². The summed E-state index contributed by atoms with van der Waals surface area (Å²) in [7, 11) is 0. The maximum Gasteiger partial charge on any atom is 0.269 e. The summed E-state index contributed by atoms with van der Waals surface area (Å²) in [4.78, 5) is 28.2. The van der Waals surface area contributed by atoms with Crippen molar-refractivity contribution in [1.82, 2.24) is 0 Å². The Morgan fingerprint density at radius 2 is 1.63 bits per heavy atom. The lowest BCUT2D eigenvalue weighted by Gasteiger charge is -2.18. The molecule has 176 valence electrons. The van der Waals surface area contributed by atoms with E-state index in [1.807, 2.05) is 84.9 Å². The summed E-state index contributed by atoms with van der Waals surface area (Å²) < 4.78 is 0. The number of thioether (sulfide) groups is 1. The van der Waals surface area contributed by atoms with E-state index in [4.69, 9.17) is 0 Å². The van der Waals surface area contributed by atoms with Gasteiger partial charge in [-0.1, -0.05) is 85.8 Å². The van der Waals surface area contributed by atoms with E-state index in [1.165, 1.54) is 22.2 Å². The number of carbonyl (C=O) groups is 2. The topological polar surface area (TPSA) is 73.2 Å². The van der Waals surface area contributed by atoms with Crippen molar-refractivity contribution in [2.24, 2.45) is 0 Å². The summed E-state index contributed by atoms with van der Waals surface area (Å²) in [5.41, 5.74) is 3.41. The minimum Gasteiger partial charge on any atom is -0.321 e. The molecule has 2 amide bonds. The van der Waals surface area contributed by atoms with E-state index in [9.17, 15) is 14.9 Å². The molecule has 0 bridgehead atoms. The Morgan fingerprint density at radius 3 is 2.26 bits per heavy atom. The predicted molar refractivity (Wildman–Crippen MR) is 142 cm³/mol. The lowest BCUT2D eigenvalue weighted by molar-refractivity contribution is -0.117. The summed E-state index contributed by atoms with van der Waals surface area (Å²) in [6, 6.07) is 28.7. The van der Waals surface area contributed by atoms with Crippen LogP contribution in [0.25, 0.3) is 0 Å². The molecule has 1 atom stereocenters. The van der Waals surface area contributed by atoms with Crippen LogP contribution in [-0.2, 0) is 22.4 Å². The van der Waals surface area contributed by atoms with Crippen molar-refractivity contribution in [2.75, 3.05) is 10.2 Å². The Bertz CT molecular complexity index is 1250. The highest BCUT2D eigenvalue weighted by atomic mass is 32.2. The summed E-state index contributed by atoms with van der Waals surface area (Å²) in [5, 5.41) is 12.8. The van der Waals surface area contributed by atoms with Gasteiger partial charge in [0, 0.05) is 11.4 Å². The number of aryl methyl sites for hydroxylation is 1. The third-order valence-corrected chi connectivity index (χ3v) is 7.08. The van der Waals surface area contributed by atoms with Crippen LogP contribution in [0.3, 0.4) is 0 Å². The Labute approximate surface area is 210 Å². The minimum absolute atomic E-state index is 0.0715. The highest BCUT2D eigenvalue weighted by Gasteiger charge is 2.40. The van der Waals surface area contributed by atoms with Gasteiger partial charge in [0.2, 0.25) is 5.91 Å². The molecule has 3 aromatic rings. The van der Waals surface area contributed by atoms with E-state index in [0.29, 0.717) is 22.8 Å². The molecule has 1 fully saturated rings. The van der Waals surface area contributed by atoms with Crippen LogP contribution < -0.4 is 10.2 Å². The summed E-state index contributed by atoms with van der Waals surface area (Å²) in [5.74, 6) is -0.661. The fourth-order valence-corrected chi connectivity index (χ4v) is 5.26. The lowest BCUT2D eigenvalue weighted by atomic mass is 10.1. The molecule has 1 saturated heterocycles. The molecule has 0 radical (unpaired) electrons. The fourth-order valence-electron chi connectivity index (χ4n) is 3.96. The number of rotatable bonds is 8. The Hall–Kier alpha value is -3.82. The number of nitrogens with one attached hydrogen (secondary N) is 1. The molecular weight excluding hydrogens is 454 g/mol. The largest absolute Gasteiger partial charge is 0.321 e. The van der Waals surface area contributed by atoms with Crippen molar-refractivity contribution in [1.29, 1.82) is 5.26 Å². The first-order valence-corrected chi connectivity index (χ1v) is 12.6. The quantitative estimate of drug-likeness (QED) is 0.312. The van der Waals surface area contributed by atoms with E-state index in [0.717, 1.165) is 24.8 Å². The van der Waals surface area contributed by atoms with Gasteiger partial charge in [0.1, 0.15) is 16.7 Å². The second kappa shape index (κ2) is 11.5. The van der Waals surface area contributed by atoms with Crippen molar-refractivity contribution in [2.45, 2.75) is 37.9 Å². The number of para-hydroxylation sites is 1. The fraction of sp³-hybridized carbons (Fsp3) is 0.207. The molecule has 1 heterocycles.